The van der Waals surface area contributed by atoms with E-state index in [0.717, 1.165) is 19.2 Å². The number of piperidine rings is 1. The molecule has 0 amide bonds. The molecule has 0 aliphatic carbocycles. The number of hydrogen-bond donors (Lipinski definition) is 0. The van der Waals surface area contributed by atoms with E-state index >= 15 is 0 Å². The molecular formula is C10H20N2O. The lowest BCUT2D eigenvalue weighted by atomic mass is 10.1. The molecule has 2 rings (SSSR count). The third-order valence-corrected chi connectivity index (χ3v) is 3.12. The zero-order valence-electron chi connectivity index (χ0n) is 8.70. The SMILES string of the molecule is CN1CCCC(N(C)C[C@H]2CO2)C1. The van der Waals surface area contributed by atoms with E-state index in [1.807, 2.05) is 0 Å². The molecule has 2 heterocycles. The Kier molecular flexibility index (Phi) is 2.86. The van der Waals surface area contributed by atoms with Crippen molar-refractivity contribution in [2.75, 3.05) is 40.3 Å². The van der Waals surface area contributed by atoms with Gasteiger partial charge in [0, 0.05) is 19.1 Å². The summed E-state index contributed by atoms with van der Waals surface area (Å²) in [4.78, 5) is 4.89. The molecule has 0 aromatic carbocycles. The van der Waals surface area contributed by atoms with E-state index in [9.17, 15) is 0 Å². The number of rotatable bonds is 3. The maximum Gasteiger partial charge on any atom is 0.0936 e. The molecule has 0 aromatic rings. The molecule has 0 N–H and O–H groups in total. The Labute approximate surface area is 80.6 Å². The van der Waals surface area contributed by atoms with Gasteiger partial charge >= 0.3 is 0 Å². The predicted molar refractivity (Wildman–Crippen MR) is 52.9 cm³/mol. The van der Waals surface area contributed by atoms with Gasteiger partial charge in [0.2, 0.25) is 0 Å². The normalized spacial score (nSPS) is 35.3. The Morgan fingerprint density at radius 1 is 1.54 bits per heavy atom. The van der Waals surface area contributed by atoms with Gasteiger partial charge < -0.3 is 9.64 Å². The molecule has 76 valence electrons. The van der Waals surface area contributed by atoms with Crippen LogP contribution < -0.4 is 0 Å². The van der Waals surface area contributed by atoms with Crippen LogP contribution in [-0.2, 0) is 4.74 Å². The van der Waals surface area contributed by atoms with Crippen LogP contribution in [0, 0.1) is 0 Å². The summed E-state index contributed by atoms with van der Waals surface area (Å²) in [6, 6.07) is 0.753. The van der Waals surface area contributed by atoms with E-state index in [0.29, 0.717) is 6.10 Å². The van der Waals surface area contributed by atoms with Crippen LogP contribution in [0.5, 0.6) is 0 Å². The highest BCUT2D eigenvalue weighted by Gasteiger charge is 2.28. The van der Waals surface area contributed by atoms with Crippen molar-refractivity contribution in [2.45, 2.75) is 25.0 Å². The Hall–Kier alpha value is -0.120. The summed E-state index contributed by atoms with van der Waals surface area (Å²) >= 11 is 0. The molecule has 3 nitrogen and oxygen atoms in total. The Morgan fingerprint density at radius 2 is 2.31 bits per heavy atom. The average molecular weight is 184 g/mol. The summed E-state index contributed by atoms with van der Waals surface area (Å²) in [5.74, 6) is 0. The monoisotopic (exact) mass is 184 g/mol. The van der Waals surface area contributed by atoms with Gasteiger partial charge in [0.1, 0.15) is 0 Å². The highest BCUT2D eigenvalue weighted by molar-refractivity contribution is 4.81. The molecule has 0 spiro atoms. The van der Waals surface area contributed by atoms with E-state index in [-0.39, 0.29) is 0 Å². The fraction of sp³-hybridized carbons (Fsp3) is 1.00. The Morgan fingerprint density at radius 3 is 2.92 bits per heavy atom. The summed E-state index contributed by atoms with van der Waals surface area (Å²) < 4.78 is 5.24. The van der Waals surface area contributed by atoms with Gasteiger partial charge in [-0.15, -0.1) is 0 Å². The third kappa shape index (κ3) is 2.66. The molecule has 3 heteroatoms. The number of epoxide rings is 1. The highest BCUT2D eigenvalue weighted by Crippen LogP contribution is 2.17. The van der Waals surface area contributed by atoms with Crippen molar-refractivity contribution in [3.63, 3.8) is 0 Å². The summed E-state index contributed by atoms with van der Waals surface area (Å²) in [5.41, 5.74) is 0. The number of ether oxygens (including phenoxy) is 1. The van der Waals surface area contributed by atoms with Gasteiger partial charge in [-0.25, -0.2) is 0 Å². The lowest BCUT2D eigenvalue weighted by molar-refractivity contribution is 0.127. The predicted octanol–water partition coefficient (Wildman–Crippen LogP) is 0.411. The lowest BCUT2D eigenvalue weighted by Crippen LogP contribution is -2.46. The molecule has 0 radical (unpaired) electrons. The van der Waals surface area contributed by atoms with Gasteiger partial charge in [-0.2, -0.15) is 0 Å². The zero-order chi connectivity index (χ0) is 9.26. The summed E-state index contributed by atoms with van der Waals surface area (Å²) in [5, 5.41) is 0. The van der Waals surface area contributed by atoms with Crippen LogP contribution in [0.15, 0.2) is 0 Å². The topological polar surface area (TPSA) is 19.0 Å². The molecular weight excluding hydrogens is 164 g/mol. The fourth-order valence-electron chi connectivity index (χ4n) is 2.14. The molecule has 2 fully saturated rings. The van der Waals surface area contributed by atoms with E-state index in [1.54, 1.807) is 0 Å². The van der Waals surface area contributed by atoms with Crippen molar-refractivity contribution < 1.29 is 4.74 Å². The quantitative estimate of drug-likeness (QED) is 0.592. The van der Waals surface area contributed by atoms with Crippen LogP contribution in [0.4, 0.5) is 0 Å². The van der Waals surface area contributed by atoms with Crippen LogP contribution in [0.25, 0.3) is 0 Å². The van der Waals surface area contributed by atoms with Gasteiger partial charge in [0.05, 0.1) is 12.7 Å². The van der Waals surface area contributed by atoms with Gasteiger partial charge in [0.25, 0.3) is 0 Å². The molecule has 2 aliphatic heterocycles. The molecule has 1 unspecified atom stereocenters. The number of hydrogen-bond acceptors (Lipinski definition) is 3. The second kappa shape index (κ2) is 3.95. The van der Waals surface area contributed by atoms with Gasteiger partial charge in [-0.3, -0.25) is 4.90 Å². The summed E-state index contributed by atoms with van der Waals surface area (Å²) in [6.07, 6.45) is 3.24. The van der Waals surface area contributed by atoms with Crippen LogP contribution in [0.1, 0.15) is 12.8 Å². The minimum atomic E-state index is 0.539. The molecule has 13 heavy (non-hydrogen) atoms. The first kappa shape index (κ1) is 9.44. The molecule has 0 aromatic heterocycles. The lowest BCUT2D eigenvalue weighted by Gasteiger charge is -2.35. The number of likely N-dealkylation sites (tertiary alicyclic amines) is 1. The molecule has 2 atom stereocenters. The second-order valence-corrected chi connectivity index (χ2v) is 4.45. The highest BCUT2D eigenvalue weighted by atomic mass is 16.6. The first-order valence-electron chi connectivity index (χ1n) is 5.26. The van der Waals surface area contributed by atoms with Crippen molar-refractivity contribution in [2.24, 2.45) is 0 Å². The Bertz CT molecular complexity index is 170. The van der Waals surface area contributed by atoms with Crippen LogP contribution in [-0.4, -0.2) is 62.3 Å². The van der Waals surface area contributed by atoms with Crippen molar-refractivity contribution in [1.29, 1.82) is 0 Å². The number of nitrogens with zero attached hydrogens (tertiary/aromatic N) is 2. The standard InChI is InChI=1S/C10H20N2O/c1-11-5-3-4-9(6-11)12(2)7-10-8-13-10/h9-10H,3-8H2,1-2H3/t9?,10-/m0/s1. The Balaban J connectivity index is 1.76. The maximum atomic E-state index is 5.24. The van der Waals surface area contributed by atoms with Gasteiger partial charge in [-0.05, 0) is 33.5 Å². The summed E-state index contributed by atoms with van der Waals surface area (Å²) in [7, 11) is 4.44. The third-order valence-electron chi connectivity index (χ3n) is 3.12. The van der Waals surface area contributed by atoms with E-state index in [4.69, 9.17) is 4.74 Å². The maximum absolute atomic E-state index is 5.24. The van der Waals surface area contributed by atoms with Gasteiger partial charge in [-0.1, -0.05) is 0 Å². The minimum absolute atomic E-state index is 0.539. The summed E-state index contributed by atoms with van der Waals surface area (Å²) in [6.45, 7) is 4.60. The molecule has 0 saturated carbocycles. The van der Waals surface area contributed by atoms with Crippen molar-refractivity contribution in [3.05, 3.63) is 0 Å². The first-order valence-corrected chi connectivity index (χ1v) is 5.26. The van der Waals surface area contributed by atoms with Gasteiger partial charge in [0.15, 0.2) is 0 Å². The molecule has 0 bridgehead atoms. The fourth-order valence-corrected chi connectivity index (χ4v) is 2.14. The van der Waals surface area contributed by atoms with E-state index in [2.05, 4.69) is 23.9 Å². The van der Waals surface area contributed by atoms with E-state index in [1.165, 1.54) is 25.9 Å². The zero-order valence-corrected chi connectivity index (χ0v) is 8.70. The van der Waals surface area contributed by atoms with Crippen molar-refractivity contribution >= 4 is 0 Å². The number of likely N-dealkylation sites (N-methyl/N-ethyl adjacent to an activating group) is 2. The largest absolute Gasteiger partial charge is 0.372 e. The van der Waals surface area contributed by atoms with Crippen molar-refractivity contribution in [1.82, 2.24) is 9.80 Å². The molecule has 2 aliphatic rings. The van der Waals surface area contributed by atoms with E-state index < -0.39 is 0 Å². The van der Waals surface area contributed by atoms with Crippen LogP contribution >= 0.6 is 0 Å². The minimum Gasteiger partial charge on any atom is -0.372 e. The smallest absolute Gasteiger partial charge is 0.0936 e. The van der Waals surface area contributed by atoms with Crippen LogP contribution in [0.2, 0.25) is 0 Å². The second-order valence-electron chi connectivity index (χ2n) is 4.45. The first-order chi connectivity index (χ1) is 6.25. The molecule has 2 saturated heterocycles. The van der Waals surface area contributed by atoms with Crippen molar-refractivity contribution in [3.8, 4) is 0 Å². The van der Waals surface area contributed by atoms with Crippen LogP contribution in [0.3, 0.4) is 0 Å². The average Bonchev–Trinajstić information content (AvgIpc) is 2.88.